The highest BCUT2D eigenvalue weighted by atomic mass is 35.5. The molecule has 0 unspecified atom stereocenters. The second-order valence-corrected chi connectivity index (χ2v) is 4.11. The molecule has 19 heavy (non-hydrogen) atoms. The molecule has 8 heteroatoms. The van der Waals surface area contributed by atoms with Crippen molar-refractivity contribution in [3.63, 3.8) is 0 Å². The summed E-state index contributed by atoms with van der Waals surface area (Å²) < 4.78 is 6.05. The fraction of sp³-hybridized carbons (Fsp3) is 0.273. The lowest BCUT2D eigenvalue weighted by Crippen LogP contribution is -2.23. The van der Waals surface area contributed by atoms with Crippen LogP contribution in [-0.4, -0.2) is 19.9 Å². The molecule has 2 heterocycles. The van der Waals surface area contributed by atoms with Crippen molar-refractivity contribution in [1.29, 1.82) is 0 Å². The van der Waals surface area contributed by atoms with Crippen molar-refractivity contribution in [3.05, 3.63) is 45.9 Å². The molecule has 0 radical (unpaired) electrons. The molecular formula is C11H12ClN5O2. The largest absolute Gasteiger partial charge is 0.375 e. The lowest BCUT2D eigenvalue weighted by Gasteiger charge is -2.07. The minimum Gasteiger partial charge on any atom is -0.375 e. The fourth-order valence-electron chi connectivity index (χ4n) is 1.43. The zero-order chi connectivity index (χ0) is 13.8. The highest BCUT2D eigenvalue weighted by Crippen LogP contribution is 2.15. The molecule has 0 fully saturated rings. The molecule has 100 valence electrons. The Balaban J connectivity index is 2.15. The van der Waals surface area contributed by atoms with Gasteiger partial charge in [-0.15, -0.1) is 6.58 Å². The van der Waals surface area contributed by atoms with Gasteiger partial charge in [0.2, 0.25) is 5.89 Å². The smallest absolute Gasteiger partial charge is 0.287 e. The van der Waals surface area contributed by atoms with E-state index in [9.17, 15) is 4.79 Å². The maximum Gasteiger partial charge on any atom is 0.287 e. The third-order valence-electron chi connectivity index (χ3n) is 2.29. The Bertz CT molecular complexity index is 649. The molecule has 1 N–H and O–H groups in total. The van der Waals surface area contributed by atoms with Gasteiger partial charge in [-0.3, -0.25) is 4.79 Å². The van der Waals surface area contributed by atoms with Gasteiger partial charge in [-0.25, -0.2) is 4.68 Å². The van der Waals surface area contributed by atoms with Crippen molar-refractivity contribution < 1.29 is 4.52 Å². The van der Waals surface area contributed by atoms with E-state index < -0.39 is 0 Å². The van der Waals surface area contributed by atoms with Gasteiger partial charge in [0.05, 0.1) is 25.0 Å². The zero-order valence-electron chi connectivity index (χ0n) is 10.3. The van der Waals surface area contributed by atoms with Gasteiger partial charge in [-0.2, -0.15) is 10.1 Å². The number of aryl methyl sites for hydroxylation is 1. The first kappa shape index (κ1) is 13.3. The van der Waals surface area contributed by atoms with Crippen molar-refractivity contribution in [2.75, 3.05) is 5.32 Å². The van der Waals surface area contributed by atoms with Crippen LogP contribution >= 0.6 is 11.6 Å². The molecule has 0 aromatic carbocycles. The van der Waals surface area contributed by atoms with Crippen LogP contribution in [0.4, 0.5) is 5.69 Å². The van der Waals surface area contributed by atoms with Crippen molar-refractivity contribution >= 4 is 17.3 Å². The summed E-state index contributed by atoms with van der Waals surface area (Å²) in [6, 6.07) is 0. The number of nitrogens with zero attached hydrogens (tertiary/aromatic N) is 4. The number of hydrogen-bond acceptors (Lipinski definition) is 6. The van der Waals surface area contributed by atoms with E-state index in [1.54, 1.807) is 13.0 Å². The topological polar surface area (TPSA) is 85.8 Å². The Kier molecular flexibility index (Phi) is 3.96. The molecule has 0 aliphatic heterocycles. The quantitative estimate of drug-likeness (QED) is 0.834. The molecule has 0 atom stereocenters. The average molecular weight is 282 g/mol. The number of rotatable bonds is 5. The van der Waals surface area contributed by atoms with Crippen LogP contribution in [0.3, 0.4) is 0 Å². The first-order chi connectivity index (χ1) is 9.11. The summed E-state index contributed by atoms with van der Waals surface area (Å²) in [6.07, 6.45) is 3.04. The predicted octanol–water partition coefficient (Wildman–Crippen LogP) is 1.39. The predicted molar refractivity (Wildman–Crippen MR) is 70.1 cm³/mol. The Hall–Kier alpha value is -2.15. The minimum absolute atomic E-state index is 0.0667. The molecule has 2 aromatic heterocycles. The van der Waals surface area contributed by atoms with Crippen molar-refractivity contribution in [1.82, 2.24) is 19.9 Å². The summed E-state index contributed by atoms with van der Waals surface area (Å²) >= 11 is 5.97. The molecule has 2 rings (SSSR count). The summed E-state index contributed by atoms with van der Waals surface area (Å²) in [6.45, 7) is 5.84. The van der Waals surface area contributed by atoms with E-state index >= 15 is 0 Å². The number of allylic oxidation sites excluding steroid dienone is 1. The molecular weight excluding hydrogens is 270 g/mol. The van der Waals surface area contributed by atoms with E-state index in [4.69, 9.17) is 16.1 Å². The van der Waals surface area contributed by atoms with Gasteiger partial charge >= 0.3 is 0 Å². The average Bonchev–Trinajstić information content (AvgIpc) is 2.80. The van der Waals surface area contributed by atoms with Gasteiger partial charge in [0.1, 0.15) is 5.02 Å². The van der Waals surface area contributed by atoms with E-state index in [-0.39, 0.29) is 10.6 Å². The van der Waals surface area contributed by atoms with E-state index in [2.05, 4.69) is 27.1 Å². The number of halogens is 1. The number of aromatic nitrogens is 4. The zero-order valence-corrected chi connectivity index (χ0v) is 11.0. The lowest BCUT2D eigenvalue weighted by molar-refractivity contribution is 0.388. The van der Waals surface area contributed by atoms with Crippen molar-refractivity contribution in [3.8, 4) is 0 Å². The highest BCUT2D eigenvalue weighted by Gasteiger charge is 2.09. The molecule has 0 bridgehead atoms. The summed E-state index contributed by atoms with van der Waals surface area (Å²) in [5.41, 5.74) is 0.0466. The van der Waals surface area contributed by atoms with E-state index in [1.165, 1.54) is 10.9 Å². The SMILES string of the molecule is C=CCn1ncc(NCc2noc(C)n2)c(Cl)c1=O. The number of anilines is 1. The first-order valence-electron chi connectivity index (χ1n) is 5.51. The Morgan fingerprint density at radius 1 is 1.63 bits per heavy atom. The van der Waals surface area contributed by atoms with Crippen LogP contribution in [0, 0.1) is 6.92 Å². The normalized spacial score (nSPS) is 10.4. The second kappa shape index (κ2) is 5.66. The molecule has 0 saturated heterocycles. The number of hydrogen-bond donors (Lipinski definition) is 1. The summed E-state index contributed by atoms with van der Waals surface area (Å²) in [4.78, 5) is 15.9. The lowest BCUT2D eigenvalue weighted by atomic mass is 10.4. The van der Waals surface area contributed by atoms with Crippen LogP contribution < -0.4 is 10.9 Å². The Morgan fingerprint density at radius 2 is 2.42 bits per heavy atom. The molecule has 0 spiro atoms. The fourth-order valence-corrected chi connectivity index (χ4v) is 1.64. The van der Waals surface area contributed by atoms with Crippen LogP contribution in [0.2, 0.25) is 5.02 Å². The van der Waals surface area contributed by atoms with Crippen molar-refractivity contribution in [2.24, 2.45) is 0 Å². The third-order valence-corrected chi connectivity index (χ3v) is 2.66. The Morgan fingerprint density at radius 3 is 3.05 bits per heavy atom. The highest BCUT2D eigenvalue weighted by molar-refractivity contribution is 6.32. The monoisotopic (exact) mass is 281 g/mol. The standard InChI is InChI=1S/C11H12ClN5O2/c1-3-4-17-11(18)10(12)8(5-14-17)13-6-9-15-7(2)19-16-9/h3,5,13H,1,4,6H2,2H3. The van der Waals surface area contributed by atoms with Crippen LogP contribution in [0.15, 0.2) is 28.2 Å². The molecule has 2 aromatic rings. The molecule has 0 amide bonds. The minimum atomic E-state index is -0.379. The molecule has 0 saturated carbocycles. The van der Waals surface area contributed by atoms with Gasteiger partial charge < -0.3 is 9.84 Å². The maximum atomic E-state index is 11.8. The van der Waals surface area contributed by atoms with Crippen LogP contribution in [-0.2, 0) is 13.1 Å². The summed E-state index contributed by atoms with van der Waals surface area (Å²) in [5.74, 6) is 0.950. The van der Waals surface area contributed by atoms with Crippen LogP contribution in [0.5, 0.6) is 0 Å². The van der Waals surface area contributed by atoms with Crippen molar-refractivity contribution in [2.45, 2.75) is 20.0 Å². The van der Waals surface area contributed by atoms with Crippen LogP contribution in [0.1, 0.15) is 11.7 Å². The third kappa shape index (κ3) is 3.00. The Labute approximate surface area is 113 Å². The summed E-state index contributed by atoms with van der Waals surface area (Å²) in [5, 5.41) is 10.7. The molecule has 0 aliphatic rings. The second-order valence-electron chi connectivity index (χ2n) is 3.73. The molecule has 7 nitrogen and oxygen atoms in total. The number of nitrogens with one attached hydrogen (secondary N) is 1. The van der Waals surface area contributed by atoms with Gasteiger partial charge in [0, 0.05) is 6.92 Å². The van der Waals surface area contributed by atoms with Gasteiger partial charge in [0.25, 0.3) is 5.56 Å². The first-order valence-corrected chi connectivity index (χ1v) is 5.89. The van der Waals surface area contributed by atoms with Gasteiger partial charge in [0.15, 0.2) is 5.82 Å². The van der Waals surface area contributed by atoms with Crippen LogP contribution in [0.25, 0.3) is 0 Å². The van der Waals surface area contributed by atoms with E-state index in [0.29, 0.717) is 30.5 Å². The van der Waals surface area contributed by atoms with E-state index in [1.807, 2.05) is 0 Å². The summed E-state index contributed by atoms with van der Waals surface area (Å²) in [7, 11) is 0. The molecule has 0 aliphatic carbocycles. The van der Waals surface area contributed by atoms with Gasteiger partial charge in [-0.1, -0.05) is 22.8 Å². The van der Waals surface area contributed by atoms with Gasteiger partial charge in [-0.05, 0) is 0 Å². The van der Waals surface area contributed by atoms with E-state index in [0.717, 1.165) is 0 Å². The maximum absolute atomic E-state index is 11.8.